The predicted molar refractivity (Wildman–Crippen MR) is 76.7 cm³/mol. The van der Waals surface area contributed by atoms with Crippen molar-refractivity contribution in [2.45, 2.75) is 6.54 Å². The highest BCUT2D eigenvalue weighted by Gasteiger charge is 2.06. The Kier molecular flexibility index (Phi) is 5.15. The molecule has 0 aliphatic heterocycles. The number of rotatable bonds is 6. The Morgan fingerprint density at radius 3 is 2.62 bits per heavy atom. The molecule has 0 atom stereocenters. The van der Waals surface area contributed by atoms with Crippen molar-refractivity contribution in [2.24, 2.45) is 0 Å². The van der Waals surface area contributed by atoms with Crippen molar-refractivity contribution in [2.75, 3.05) is 13.7 Å². The van der Waals surface area contributed by atoms with Gasteiger partial charge < -0.3 is 14.8 Å². The Balaban J connectivity index is 1.80. The van der Waals surface area contributed by atoms with Gasteiger partial charge in [-0.3, -0.25) is 4.79 Å². The van der Waals surface area contributed by atoms with Crippen LogP contribution in [-0.4, -0.2) is 19.6 Å². The highest BCUT2D eigenvalue weighted by Crippen LogP contribution is 2.17. The van der Waals surface area contributed by atoms with E-state index in [0.29, 0.717) is 11.3 Å². The van der Waals surface area contributed by atoms with Crippen LogP contribution < -0.4 is 14.8 Å². The highest BCUT2D eigenvalue weighted by molar-refractivity contribution is 5.77. The molecule has 110 valence electrons. The Bertz CT molecular complexity index is 602. The molecule has 0 heterocycles. The zero-order valence-corrected chi connectivity index (χ0v) is 11.6. The molecular formula is C16H16FNO3. The average molecular weight is 289 g/mol. The first-order valence-electron chi connectivity index (χ1n) is 6.46. The number of nitrogens with one attached hydrogen (secondary N) is 1. The van der Waals surface area contributed by atoms with E-state index in [9.17, 15) is 9.18 Å². The number of carbonyl (C=O) groups is 1. The summed E-state index contributed by atoms with van der Waals surface area (Å²) in [7, 11) is 1.40. The van der Waals surface area contributed by atoms with E-state index < -0.39 is 5.82 Å². The minimum Gasteiger partial charge on any atom is -0.494 e. The van der Waals surface area contributed by atoms with Gasteiger partial charge in [-0.15, -0.1) is 0 Å². The lowest BCUT2D eigenvalue weighted by molar-refractivity contribution is -0.123. The Morgan fingerprint density at radius 1 is 1.19 bits per heavy atom. The van der Waals surface area contributed by atoms with Crippen LogP contribution in [0.4, 0.5) is 4.39 Å². The maximum Gasteiger partial charge on any atom is 0.258 e. The topological polar surface area (TPSA) is 47.6 Å². The van der Waals surface area contributed by atoms with Crippen LogP contribution in [0.3, 0.4) is 0 Å². The number of amides is 1. The molecule has 5 heteroatoms. The van der Waals surface area contributed by atoms with Crippen molar-refractivity contribution in [3.63, 3.8) is 0 Å². The second-order valence-electron chi connectivity index (χ2n) is 4.35. The largest absolute Gasteiger partial charge is 0.494 e. The van der Waals surface area contributed by atoms with Gasteiger partial charge in [0.25, 0.3) is 5.91 Å². The fourth-order valence-electron chi connectivity index (χ4n) is 1.74. The summed E-state index contributed by atoms with van der Waals surface area (Å²) >= 11 is 0. The van der Waals surface area contributed by atoms with E-state index in [1.165, 1.54) is 19.2 Å². The predicted octanol–water partition coefficient (Wildman–Crippen LogP) is 2.53. The fourth-order valence-corrected chi connectivity index (χ4v) is 1.74. The average Bonchev–Trinajstić information content (AvgIpc) is 2.52. The smallest absolute Gasteiger partial charge is 0.258 e. The Labute approximate surface area is 122 Å². The lowest BCUT2D eigenvalue weighted by atomic mass is 10.2. The third-order valence-corrected chi connectivity index (χ3v) is 2.82. The van der Waals surface area contributed by atoms with E-state index in [4.69, 9.17) is 9.47 Å². The summed E-state index contributed by atoms with van der Waals surface area (Å²) < 4.78 is 23.6. The summed E-state index contributed by atoms with van der Waals surface area (Å²) in [6.45, 7) is 0.153. The first-order valence-corrected chi connectivity index (χ1v) is 6.46. The molecule has 4 nitrogen and oxygen atoms in total. The van der Waals surface area contributed by atoms with Gasteiger partial charge in [0, 0.05) is 6.54 Å². The van der Waals surface area contributed by atoms with Gasteiger partial charge in [-0.25, -0.2) is 4.39 Å². The van der Waals surface area contributed by atoms with Crippen molar-refractivity contribution in [1.82, 2.24) is 5.32 Å². The summed E-state index contributed by atoms with van der Waals surface area (Å²) in [6, 6.07) is 13.6. The summed E-state index contributed by atoms with van der Waals surface area (Å²) in [5.41, 5.74) is 0.654. The molecule has 0 unspecified atom stereocenters. The lowest BCUT2D eigenvalue weighted by Crippen LogP contribution is -2.28. The van der Waals surface area contributed by atoms with E-state index in [2.05, 4.69) is 5.32 Å². The van der Waals surface area contributed by atoms with Crippen LogP contribution in [0.2, 0.25) is 0 Å². The van der Waals surface area contributed by atoms with Gasteiger partial charge in [0.2, 0.25) is 0 Å². The van der Waals surface area contributed by atoms with Crippen LogP contribution in [0.15, 0.2) is 48.5 Å². The SMILES string of the molecule is COc1ccc(CNC(=O)COc2ccccc2)cc1F. The number of hydrogen-bond acceptors (Lipinski definition) is 3. The number of para-hydroxylation sites is 1. The minimum absolute atomic E-state index is 0.0807. The summed E-state index contributed by atoms with van der Waals surface area (Å²) in [4.78, 5) is 11.6. The van der Waals surface area contributed by atoms with Gasteiger partial charge in [0.1, 0.15) is 5.75 Å². The molecule has 0 radical (unpaired) electrons. The van der Waals surface area contributed by atoms with Gasteiger partial charge in [0.15, 0.2) is 18.2 Å². The van der Waals surface area contributed by atoms with Gasteiger partial charge in [-0.2, -0.15) is 0 Å². The Morgan fingerprint density at radius 2 is 1.95 bits per heavy atom. The normalized spacial score (nSPS) is 10.0. The maximum atomic E-state index is 13.5. The third-order valence-electron chi connectivity index (χ3n) is 2.82. The first-order chi connectivity index (χ1) is 10.2. The number of ether oxygens (including phenoxy) is 2. The zero-order valence-electron chi connectivity index (χ0n) is 11.6. The quantitative estimate of drug-likeness (QED) is 0.889. The number of hydrogen-bond donors (Lipinski definition) is 1. The summed E-state index contributed by atoms with van der Waals surface area (Å²) in [6.07, 6.45) is 0. The molecule has 0 aliphatic rings. The standard InChI is InChI=1S/C16H16FNO3/c1-20-15-8-7-12(9-14(15)17)10-18-16(19)11-21-13-5-3-2-4-6-13/h2-9H,10-11H2,1H3,(H,18,19). The number of halogens is 1. The molecule has 2 rings (SSSR count). The van der Waals surface area contributed by atoms with E-state index in [1.54, 1.807) is 18.2 Å². The van der Waals surface area contributed by atoms with Crippen LogP contribution in [0, 0.1) is 5.82 Å². The van der Waals surface area contributed by atoms with E-state index in [1.807, 2.05) is 18.2 Å². The van der Waals surface area contributed by atoms with Crippen molar-refractivity contribution in [3.8, 4) is 11.5 Å². The molecule has 2 aromatic rings. The molecule has 2 aromatic carbocycles. The van der Waals surface area contributed by atoms with Gasteiger partial charge in [-0.05, 0) is 29.8 Å². The first kappa shape index (κ1) is 14.8. The lowest BCUT2D eigenvalue weighted by Gasteiger charge is -2.08. The fraction of sp³-hybridized carbons (Fsp3) is 0.188. The second-order valence-corrected chi connectivity index (χ2v) is 4.35. The molecule has 0 aliphatic carbocycles. The molecular weight excluding hydrogens is 273 g/mol. The molecule has 0 saturated carbocycles. The van der Waals surface area contributed by atoms with E-state index >= 15 is 0 Å². The van der Waals surface area contributed by atoms with Crippen molar-refractivity contribution >= 4 is 5.91 Å². The van der Waals surface area contributed by atoms with Crippen LogP contribution in [0.5, 0.6) is 11.5 Å². The number of benzene rings is 2. The van der Waals surface area contributed by atoms with Crippen molar-refractivity contribution < 1.29 is 18.7 Å². The zero-order chi connectivity index (χ0) is 15.1. The molecule has 1 N–H and O–H groups in total. The van der Waals surface area contributed by atoms with Crippen LogP contribution >= 0.6 is 0 Å². The molecule has 1 amide bonds. The van der Waals surface area contributed by atoms with Crippen LogP contribution in [0.25, 0.3) is 0 Å². The van der Waals surface area contributed by atoms with Gasteiger partial charge in [-0.1, -0.05) is 24.3 Å². The Hall–Kier alpha value is -2.56. The van der Waals surface area contributed by atoms with Crippen molar-refractivity contribution in [1.29, 1.82) is 0 Å². The summed E-state index contributed by atoms with van der Waals surface area (Å²) in [5, 5.41) is 2.66. The molecule has 0 aromatic heterocycles. The van der Waals surface area contributed by atoms with Crippen LogP contribution in [0.1, 0.15) is 5.56 Å². The third kappa shape index (κ3) is 4.49. The summed E-state index contributed by atoms with van der Waals surface area (Å²) in [5.74, 6) is 0.0838. The minimum atomic E-state index is -0.454. The molecule has 0 fully saturated rings. The maximum absolute atomic E-state index is 13.5. The second kappa shape index (κ2) is 7.28. The monoisotopic (exact) mass is 289 g/mol. The van der Waals surface area contributed by atoms with Gasteiger partial charge in [0.05, 0.1) is 7.11 Å². The molecule has 0 spiro atoms. The molecule has 21 heavy (non-hydrogen) atoms. The number of methoxy groups -OCH3 is 1. The van der Waals surface area contributed by atoms with E-state index in [0.717, 1.165) is 0 Å². The van der Waals surface area contributed by atoms with Crippen molar-refractivity contribution in [3.05, 3.63) is 59.9 Å². The van der Waals surface area contributed by atoms with Gasteiger partial charge >= 0.3 is 0 Å². The van der Waals surface area contributed by atoms with Crippen LogP contribution in [-0.2, 0) is 11.3 Å². The molecule has 0 saturated heterocycles. The highest BCUT2D eigenvalue weighted by atomic mass is 19.1. The van der Waals surface area contributed by atoms with E-state index in [-0.39, 0.29) is 24.8 Å². The molecule has 0 bridgehead atoms. The number of carbonyl (C=O) groups excluding carboxylic acids is 1.